The molecule has 1 saturated heterocycles. The van der Waals surface area contributed by atoms with E-state index < -0.39 is 6.04 Å². The van der Waals surface area contributed by atoms with Gasteiger partial charge in [-0.2, -0.15) is 0 Å². The maximum Gasteiger partial charge on any atom is 0.315 e. The van der Waals surface area contributed by atoms with Crippen LogP contribution in [0.1, 0.15) is 32.3 Å². The molecule has 1 aromatic carbocycles. The van der Waals surface area contributed by atoms with E-state index in [1.54, 1.807) is 12.1 Å². The molecule has 7 heteroatoms. The van der Waals surface area contributed by atoms with E-state index in [2.05, 4.69) is 16.0 Å². The number of nitrogens with one attached hydrogen (secondary N) is 3. The molecule has 0 bridgehead atoms. The van der Waals surface area contributed by atoms with Crippen molar-refractivity contribution in [1.82, 2.24) is 20.9 Å². The predicted octanol–water partition coefficient (Wildman–Crippen LogP) is 1.61. The van der Waals surface area contributed by atoms with Crippen molar-refractivity contribution in [3.8, 4) is 0 Å². The van der Waals surface area contributed by atoms with Crippen molar-refractivity contribution < 1.29 is 14.0 Å². The van der Waals surface area contributed by atoms with Crippen LogP contribution in [0, 0.1) is 5.82 Å². The lowest BCUT2D eigenvalue weighted by Crippen LogP contribution is -2.57. The van der Waals surface area contributed by atoms with Gasteiger partial charge in [-0.15, -0.1) is 0 Å². The minimum Gasteiger partial charge on any atom is -0.338 e. The summed E-state index contributed by atoms with van der Waals surface area (Å²) in [5.74, 6) is -0.348. The summed E-state index contributed by atoms with van der Waals surface area (Å²) in [4.78, 5) is 26.6. The van der Waals surface area contributed by atoms with Crippen molar-refractivity contribution in [2.75, 3.05) is 19.6 Å². The summed E-state index contributed by atoms with van der Waals surface area (Å²) in [6, 6.07) is 5.28. The van der Waals surface area contributed by atoms with Gasteiger partial charge in [0.05, 0.1) is 0 Å². The molecule has 0 saturated carbocycles. The number of halogens is 1. The second kappa shape index (κ2) is 9.36. The van der Waals surface area contributed by atoms with Crippen LogP contribution in [0.4, 0.5) is 9.18 Å². The number of amides is 3. The highest BCUT2D eigenvalue weighted by Crippen LogP contribution is 2.07. The molecule has 3 amide bonds. The van der Waals surface area contributed by atoms with E-state index in [9.17, 15) is 14.0 Å². The van der Waals surface area contributed by atoms with Gasteiger partial charge in [0, 0.05) is 32.2 Å². The third-order valence-electron chi connectivity index (χ3n) is 4.23. The topological polar surface area (TPSA) is 73.5 Å². The van der Waals surface area contributed by atoms with Gasteiger partial charge >= 0.3 is 6.03 Å². The number of carbonyl (C=O) groups excluding carboxylic acids is 2. The first-order chi connectivity index (χ1) is 12.0. The van der Waals surface area contributed by atoms with Crippen LogP contribution in [0.5, 0.6) is 0 Å². The summed E-state index contributed by atoms with van der Waals surface area (Å²) >= 11 is 0. The van der Waals surface area contributed by atoms with E-state index in [1.807, 2.05) is 18.7 Å². The fourth-order valence-corrected chi connectivity index (χ4v) is 2.89. The van der Waals surface area contributed by atoms with Crippen LogP contribution in [-0.2, 0) is 11.3 Å². The molecule has 2 unspecified atom stereocenters. The van der Waals surface area contributed by atoms with Gasteiger partial charge in [-0.25, -0.2) is 9.18 Å². The first-order valence-corrected chi connectivity index (χ1v) is 8.80. The second-order valence-electron chi connectivity index (χ2n) is 6.43. The third kappa shape index (κ3) is 6.01. The number of hydrogen-bond donors (Lipinski definition) is 3. The van der Waals surface area contributed by atoms with Gasteiger partial charge in [0.2, 0.25) is 5.91 Å². The van der Waals surface area contributed by atoms with E-state index in [-0.39, 0.29) is 30.3 Å². The standard InChI is InChI=1S/C18H27FN4O2/c1-3-4-16(17(24)23-10-9-20-13(2)12-23)22-18(25)21-11-14-5-7-15(19)8-6-14/h5-8,13,16,20H,3-4,9-12H2,1-2H3,(H2,21,22,25). The first-order valence-electron chi connectivity index (χ1n) is 8.80. The lowest BCUT2D eigenvalue weighted by atomic mass is 10.1. The highest BCUT2D eigenvalue weighted by Gasteiger charge is 2.27. The highest BCUT2D eigenvalue weighted by atomic mass is 19.1. The summed E-state index contributed by atoms with van der Waals surface area (Å²) < 4.78 is 12.9. The molecule has 1 aromatic rings. The smallest absolute Gasteiger partial charge is 0.315 e. The van der Waals surface area contributed by atoms with Crippen molar-refractivity contribution in [3.05, 3.63) is 35.6 Å². The predicted molar refractivity (Wildman–Crippen MR) is 94.5 cm³/mol. The number of piperazine rings is 1. The summed E-state index contributed by atoms with van der Waals surface area (Å²) in [7, 11) is 0. The minimum absolute atomic E-state index is 0.0351. The Morgan fingerprint density at radius 3 is 2.72 bits per heavy atom. The first kappa shape index (κ1) is 19.2. The lowest BCUT2D eigenvalue weighted by Gasteiger charge is -2.34. The molecule has 25 heavy (non-hydrogen) atoms. The molecule has 1 heterocycles. The fraction of sp³-hybridized carbons (Fsp3) is 0.556. The van der Waals surface area contributed by atoms with Crippen LogP contribution in [0.25, 0.3) is 0 Å². The Kier molecular flexibility index (Phi) is 7.18. The maximum absolute atomic E-state index is 12.9. The molecular weight excluding hydrogens is 323 g/mol. The number of rotatable bonds is 6. The van der Waals surface area contributed by atoms with E-state index >= 15 is 0 Å². The molecule has 0 radical (unpaired) electrons. The highest BCUT2D eigenvalue weighted by molar-refractivity contribution is 5.87. The van der Waals surface area contributed by atoms with Gasteiger partial charge in [0.1, 0.15) is 11.9 Å². The average Bonchev–Trinajstić information content (AvgIpc) is 2.60. The summed E-state index contributed by atoms with van der Waals surface area (Å²) in [6.45, 7) is 6.38. The Balaban J connectivity index is 1.87. The molecule has 1 fully saturated rings. The van der Waals surface area contributed by atoms with Crippen LogP contribution < -0.4 is 16.0 Å². The molecule has 2 rings (SSSR count). The van der Waals surface area contributed by atoms with Crippen molar-refractivity contribution in [2.45, 2.75) is 45.3 Å². The Bertz CT molecular complexity index is 579. The summed E-state index contributed by atoms with van der Waals surface area (Å²) in [5, 5.41) is 8.79. The molecule has 1 aliphatic heterocycles. The number of urea groups is 1. The quantitative estimate of drug-likeness (QED) is 0.730. The molecule has 0 aromatic heterocycles. The zero-order valence-electron chi connectivity index (χ0n) is 14.8. The van der Waals surface area contributed by atoms with Crippen LogP contribution in [-0.4, -0.2) is 48.6 Å². The van der Waals surface area contributed by atoms with Gasteiger partial charge in [0.15, 0.2) is 0 Å². The molecule has 138 valence electrons. The zero-order valence-corrected chi connectivity index (χ0v) is 14.8. The molecule has 2 atom stereocenters. The van der Waals surface area contributed by atoms with Gasteiger partial charge in [-0.05, 0) is 31.0 Å². The summed E-state index contributed by atoms with van der Waals surface area (Å²) in [6.07, 6.45) is 1.40. The third-order valence-corrected chi connectivity index (χ3v) is 4.23. The van der Waals surface area contributed by atoms with Crippen molar-refractivity contribution in [2.24, 2.45) is 0 Å². The maximum atomic E-state index is 12.9. The van der Waals surface area contributed by atoms with Gasteiger partial charge < -0.3 is 20.9 Å². The lowest BCUT2D eigenvalue weighted by molar-refractivity contribution is -0.134. The van der Waals surface area contributed by atoms with Crippen molar-refractivity contribution in [3.63, 3.8) is 0 Å². The number of benzene rings is 1. The number of carbonyl (C=O) groups is 2. The van der Waals surface area contributed by atoms with Crippen LogP contribution >= 0.6 is 0 Å². The van der Waals surface area contributed by atoms with Gasteiger partial charge in [-0.3, -0.25) is 4.79 Å². The molecular formula is C18H27FN4O2. The molecule has 0 spiro atoms. The molecule has 1 aliphatic rings. The largest absolute Gasteiger partial charge is 0.338 e. The van der Waals surface area contributed by atoms with Gasteiger partial charge in [-0.1, -0.05) is 25.5 Å². The van der Waals surface area contributed by atoms with E-state index in [0.29, 0.717) is 19.5 Å². The average molecular weight is 350 g/mol. The van der Waals surface area contributed by atoms with E-state index in [0.717, 1.165) is 18.5 Å². The van der Waals surface area contributed by atoms with Crippen LogP contribution in [0.15, 0.2) is 24.3 Å². The monoisotopic (exact) mass is 350 g/mol. The summed E-state index contributed by atoms with van der Waals surface area (Å²) in [5.41, 5.74) is 0.797. The second-order valence-corrected chi connectivity index (χ2v) is 6.43. The van der Waals surface area contributed by atoms with Crippen molar-refractivity contribution >= 4 is 11.9 Å². The molecule has 6 nitrogen and oxygen atoms in total. The molecule has 0 aliphatic carbocycles. The number of nitrogens with zero attached hydrogens (tertiary/aromatic N) is 1. The van der Waals surface area contributed by atoms with E-state index in [1.165, 1.54) is 12.1 Å². The minimum atomic E-state index is -0.525. The SMILES string of the molecule is CCCC(NC(=O)NCc1ccc(F)cc1)C(=O)N1CCNC(C)C1. The normalized spacial score (nSPS) is 18.5. The van der Waals surface area contributed by atoms with Gasteiger partial charge in [0.25, 0.3) is 0 Å². The fourth-order valence-electron chi connectivity index (χ4n) is 2.89. The van der Waals surface area contributed by atoms with Crippen molar-refractivity contribution in [1.29, 1.82) is 0 Å². The van der Waals surface area contributed by atoms with Crippen LogP contribution in [0.3, 0.4) is 0 Å². The Labute approximate surface area is 148 Å². The number of hydrogen-bond acceptors (Lipinski definition) is 3. The van der Waals surface area contributed by atoms with E-state index in [4.69, 9.17) is 0 Å². The van der Waals surface area contributed by atoms with Crippen LogP contribution in [0.2, 0.25) is 0 Å². The zero-order chi connectivity index (χ0) is 18.2. The molecule has 3 N–H and O–H groups in total. The Hall–Kier alpha value is -2.15. The Morgan fingerprint density at radius 1 is 1.36 bits per heavy atom. The Morgan fingerprint density at radius 2 is 2.08 bits per heavy atom.